The quantitative estimate of drug-likeness (QED) is 0.638. The molecule has 0 fully saturated rings. The summed E-state index contributed by atoms with van der Waals surface area (Å²) in [6.45, 7) is 6.84. The number of nitrogens with zero attached hydrogens (tertiary/aromatic N) is 3. The minimum absolute atomic E-state index is 0.171. The van der Waals surface area contributed by atoms with Crippen LogP contribution in [0.25, 0.3) is 5.69 Å². The van der Waals surface area contributed by atoms with E-state index in [-0.39, 0.29) is 11.7 Å². The standard InChI is InChI=1S/C13H17ClFN3Si/c1-19(2,3)9-11-8-18(17-16-11)12-5-4-10(7-14)13(15)6-12/h4-6,8H,7,9H2,1-3H3. The first-order valence-corrected chi connectivity index (χ1v) is 10.4. The van der Waals surface area contributed by atoms with Gasteiger partial charge in [0.1, 0.15) is 5.82 Å². The number of aromatic nitrogens is 3. The molecule has 0 atom stereocenters. The van der Waals surface area contributed by atoms with Crippen LogP contribution in [0.15, 0.2) is 24.4 Å². The van der Waals surface area contributed by atoms with E-state index in [1.165, 1.54) is 6.07 Å². The monoisotopic (exact) mass is 297 g/mol. The molecule has 0 bridgehead atoms. The van der Waals surface area contributed by atoms with Gasteiger partial charge in [0.25, 0.3) is 0 Å². The van der Waals surface area contributed by atoms with Gasteiger partial charge in [0.05, 0.1) is 31.5 Å². The molecule has 2 aromatic rings. The van der Waals surface area contributed by atoms with Crippen LogP contribution >= 0.6 is 11.6 Å². The molecule has 0 spiro atoms. The highest BCUT2D eigenvalue weighted by Crippen LogP contribution is 2.16. The molecule has 0 aliphatic rings. The van der Waals surface area contributed by atoms with Crippen molar-refractivity contribution in [3.05, 3.63) is 41.5 Å². The maximum Gasteiger partial charge on any atom is 0.129 e. The number of hydrogen-bond acceptors (Lipinski definition) is 2. The highest BCUT2D eigenvalue weighted by atomic mass is 35.5. The van der Waals surface area contributed by atoms with Gasteiger partial charge in [0.15, 0.2) is 0 Å². The lowest BCUT2D eigenvalue weighted by molar-refractivity contribution is 0.614. The lowest BCUT2D eigenvalue weighted by Crippen LogP contribution is -2.24. The van der Waals surface area contributed by atoms with Crippen LogP contribution in [0, 0.1) is 5.82 Å². The molecule has 0 amide bonds. The molecular formula is C13H17ClFN3Si. The lowest BCUT2D eigenvalue weighted by Gasteiger charge is -2.12. The molecule has 0 N–H and O–H groups in total. The van der Waals surface area contributed by atoms with Gasteiger partial charge < -0.3 is 0 Å². The number of halogens is 2. The second kappa shape index (κ2) is 5.42. The maximum absolute atomic E-state index is 13.7. The zero-order valence-electron chi connectivity index (χ0n) is 11.3. The first-order valence-electron chi connectivity index (χ1n) is 6.15. The fourth-order valence-corrected chi connectivity index (χ4v) is 3.30. The van der Waals surface area contributed by atoms with Crippen LogP contribution in [0.2, 0.25) is 19.6 Å². The molecule has 0 saturated heterocycles. The van der Waals surface area contributed by atoms with E-state index in [1.54, 1.807) is 16.8 Å². The third kappa shape index (κ3) is 3.64. The van der Waals surface area contributed by atoms with Gasteiger partial charge in [-0.05, 0) is 18.2 Å². The van der Waals surface area contributed by atoms with E-state index in [9.17, 15) is 4.39 Å². The molecule has 1 aromatic heterocycles. The minimum atomic E-state index is -1.22. The van der Waals surface area contributed by atoms with Gasteiger partial charge in [-0.3, -0.25) is 0 Å². The van der Waals surface area contributed by atoms with Crippen molar-refractivity contribution in [2.75, 3.05) is 0 Å². The number of rotatable bonds is 4. The van der Waals surface area contributed by atoms with Crippen LogP contribution in [0.3, 0.4) is 0 Å². The summed E-state index contributed by atoms with van der Waals surface area (Å²) in [7, 11) is -1.22. The molecule has 0 unspecified atom stereocenters. The predicted molar refractivity (Wildman–Crippen MR) is 77.9 cm³/mol. The van der Waals surface area contributed by atoms with Gasteiger partial charge in [-0.1, -0.05) is 30.9 Å². The van der Waals surface area contributed by atoms with Crippen molar-refractivity contribution in [1.82, 2.24) is 15.0 Å². The summed E-state index contributed by atoms with van der Waals surface area (Å²) in [5.41, 5.74) is 2.12. The summed E-state index contributed by atoms with van der Waals surface area (Å²) in [6.07, 6.45) is 1.87. The summed E-state index contributed by atoms with van der Waals surface area (Å²) in [5, 5.41) is 8.21. The smallest absolute Gasteiger partial charge is 0.129 e. The van der Waals surface area contributed by atoms with Crippen LogP contribution in [0.4, 0.5) is 4.39 Å². The SMILES string of the molecule is C[Si](C)(C)Cc1cn(-c2ccc(CCl)c(F)c2)nn1. The normalized spacial score (nSPS) is 11.8. The summed E-state index contributed by atoms with van der Waals surface area (Å²) in [4.78, 5) is 0. The van der Waals surface area contributed by atoms with Crippen molar-refractivity contribution < 1.29 is 4.39 Å². The second-order valence-electron chi connectivity index (χ2n) is 5.80. The number of benzene rings is 1. The molecule has 6 heteroatoms. The van der Waals surface area contributed by atoms with E-state index in [1.807, 2.05) is 6.20 Å². The first-order chi connectivity index (χ1) is 8.89. The Labute approximate surface area is 118 Å². The highest BCUT2D eigenvalue weighted by Gasteiger charge is 2.16. The molecule has 0 saturated carbocycles. The maximum atomic E-state index is 13.7. The van der Waals surface area contributed by atoms with Gasteiger partial charge in [-0.15, -0.1) is 16.7 Å². The summed E-state index contributed by atoms with van der Waals surface area (Å²) in [6, 6.07) is 5.88. The Morgan fingerprint density at radius 3 is 2.63 bits per heavy atom. The third-order valence-corrected chi connectivity index (χ3v) is 4.41. The highest BCUT2D eigenvalue weighted by molar-refractivity contribution is 6.75. The van der Waals surface area contributed by atoms with Gasteiger partial charge in [0.2, 0.25) is 0 Å². The Morgan fingerprint density at radius 1 is 1.32 bits per heavy atom. The fourth-order valence-electron chi connectivity index (χ4n) is 1.84. The molecule has 2 rings (SSSR count). The second-order valence-corrected chi connectivity index (χ2v) is 11.5. The van der Waals surface area contributed by atoms with E-state index in [2.05, 4.69) is 30.0 Å². The van der Waals surface area contributed by atoms with Gasteiger partial charge in [-0.25, -0.2) is 9.07 Å². The van der Waals surface area contributed by atoms with E-state index in [0.29, 0.717) is 11.3 Å². The molecule has 1 heterocycles. The van der Waals surface area contributed by atoms with Crippen LogP contribution in [-0.2, 0) is 11.9 Å². The fraction of sp³-hybridized carbons (Fsp3) is 0.385. The number of hydrogen-bond donors (Lipinski definition) is 0. The first kappa shape index (κ1) is 14.2. The number of alkyl halides is 1. The predicted octanol–water partition coefficient (Wildman–Crippen LogP) is 3.57. The largest absolute Gasteiger partial charge is 0.220 e. The molecule has 0 aliphatic heterocycles. The van der Waals surface area contributed by atoms with E-state index in [4.69, 9.17) is 11.6 Å². The molecule has 102 valence electrons. The summed E-state index contributed by atoms with van der Waals surface area (Å²) in [5.74, 6) is -0.139. The molecule has 0 aliphatic carbocycles. The lowest BCUT2D eigenvalue weighted by atomic mass is 10.2. The van der Waals surface area contributed by atoms with Crippen molar-refractivity contribution in [3.63, 3.8) is 0 Å². The Kier molecular flexibility index (Phi) is 4.06. The van der Waals surface area contributed by atoms with Gasteiger partial charge in [-0.2, -0.15) is 0 Å². The minimum Gasteiger partial charge on any atom is -0.220 e. The van der Waals surface area contributed by atoms with E-state index >= 15 is 0 Å². The average Bonchev–Trinajstić information content (AvgIpc) is 2.75. The van der Waals surface area contributed by atoms with Crippen molar-refractivity contribution in [2.45, 2.75) is 31.6 Å². The zero-order chi connectivity index (χ0) is 14.0. The summed E-state index contributed by atoms with van der Waals surface area (Å²) < 4.78 is 15.3. The average molecular weight is 298 g/mol. The van der Waals surface area contributed by atoms with Crippen molar-refractivity contribution in [1.29, 1.82) is 0 Å². The van der Waals surface area contributed by atoms with Crippen molar-refractivity contribution in [2.24, 2.45) is 0 Å². The molecular weight excluding hydrogens is 281 g/mol. The zero-order valence-corrected chi connectivity index (χ0v) is 13.1. The molecule has 19 heavy (non-hydrogen) atoms. The Hall–Kier alpha value is -1.20. The van der Waals surface area contributed by atoms with Crippen LogP contribution < -0.4 is 0 Å². The molecule has 0 radical (unpaired) electrons. The van der Waals surface area contributed by atoms with Crippen molar-refractivity contribution in [3.8, 4) is 5.69 Å². The topological polar surface area (TPSA) is 30.7 Å². The Morgan fingerprint density at radius 2 is 2.05 bits per heavy atom. The van der Waals surface area contributed by atoms with Crippen LogP contribution in [-0.4, -0.2) is 23.1 Å². The Bertz CT molecular complexity index is 578. The van der Waals surface area contributed by atoms with Crippen LogP contribution in [0.5, 0.6) is 0 Å². The molecule has 3 nitrogen and oxygen atoms in total. The van der Waals surface area contributed by atoms with Gasteiger partial charge in [0, 0.05) is 5.56 Å². The van der Waals surface area contributed by atoms with Crippen LogP contribution in [0.1, 0.15) is 11.3 Å². The van der Waals surface area contributed by atoms with E-state index < -0.39 is 8.07 Å². The van der Waals surface area contributed by atoms with Gasteiger partial charge >= 0.3 is 0 Å². The summed E-state index contributed by atoms with van der Waals surface area (Å²) >= 11 is 5.64. The third-order valence-electron chi connectivity index (χ3n) is 2.70. The van der Waals surface area contributed by atoms with Crippen molar-refractivity contribution >= 4 is 19.7 Å². The van der Waals surface area contributed by atoms with E-state index in [0.717, 1.165) is 11.7 Å². The molecule has 1 aromatic carbocycles. The Balaban J connectivity index is 2.25.